The first kappa shape index (κ1) is 22.7. The normalized spacial score (nSPS) is 37.2. The van der Waals surface area contributed by atoms with E-state index in [4.69, 9.17) is 24.2 Å². The van der Waals surface area contributed by atoms with Crippen LogP contribution >= 0.6 is 11.3 Å². The summed E-state index contributed by atoms with van der Waals surface area (Å²) in [4.78, 5) is 17.2. The van der Waals surface area contributed by atoms with Crippen LogP contribution in [0.5, 0.6) is 0 Å². The fraction of sp³-hybridized carbons (Fsp3) is 0.560. The standard InChI is InChI=1S/C25H29NO6S2/c1-14-5-10-19-15(2)21(29-23-25(19)18(14)11-12-24(3,30-23)31-32-25)22-26-20(13-33-22)16-6-8-17(9-7-16)34(4,27)28/h6-9,13-14,18-19,23H,5,10-12H2,1-4H3/t14-,18+,19+,23?,24?,25-/m1/s1. The second kappa shape index (κ2) is 7.61. The molecule has 1 aromatic carbocycles. The number of nitrogens with zero attached hydrogens (tertiary/aromatic N) is 1. The lowest BCUT2D eigenvalue weighted by Gasteiger charge is -2.57. The Balaban J connectivity index is 1.38. The first-order valence-electron chi connectivity index (χ1n) is 11.8. The molecule has 9 heteroatoms. The van der Waals surface area contributed by atoms with E-state index in [1.54, 1.807) is 24.3 Å². The Hall–Kier alpha value is -1.78. The van der Waals surface area contributed by atoms with Crippen molar-refractivity contribution in [3.8, 4) is 11.3 Å². The molecule has 5 aliphatic rings. The Morgan fingerprint density at radius 1 is 1.12 bits per heavy atom. The third kappa shape index (κ3) is 3.32. The average molecular weight is 504 g/mol. The third-order valence-electron chi connectivity index (χ3n) is 8.10. The molecule has 1 aliphatic carbocycles. The summed E-state index contributed by atoms with van der Waals surface area (Å²) in [5.41, 5.74) is 2.14. The number of thiazole rings is 1. The molecule has 5 heterocycles. The number of ether oxygens (including phenoxy) is 2. The van der Waals surface area contributed by atoms with Crippen LogP contribution in [-0.4, -0.2) is 37.3 Å². The SMILES string of the molecule is CC1=C(c2nc(-c3ccc(S(C)(=O)=O)cc3)cs2)OC2OC3(C)CC[C@H]4[C@H](C)CC[C@@H]1[C@@]24OO3. The predicted octanol–water partition coefficient (Wildman–Crippen LogP) is 5.19. The van der Waals surface area contributed by atoms with Crippen molar-refractivity contribution >= 4 is 26.9 Å². The Morgan fingerprint density at radius 3 is 2.62 bits per heavy atom. The van der Waals surface area contributed by atoms with Gasteiger partial charge in [0.15, 0.2) is 26.2 Å². The molecular formula is C25H29NO6S2. The van der Waals surface area contributed by atoms with Crippen molar-refractivity contribution < 1.29 is 27.7 Å². The number of aromatic nitrogens is 1. The van der Waals surface area contributed by atoms with Crippen LogP contribution in [0.15, 0.2) is 40.1 Å². The molecule has 6 atom stereocenters. The van der Waals surface area contributed by atoms with Crippen molar-refractivity contribution in [1.82, 2.24) is 4.98 Å². The zero-order valence-corrected chi connectivity index (χ0v) is 21.4. The van der Waals surface area contributed by atoms with Crippen LogP contribution < -0.4 is 0 Å². The van der Waals surface area contributed by atoms with Gasteiger partial charge in [-0.05, 0) is 56.7 Å². The van der Waals surface area contributed by atoms with E-state index in [9.17, 15) is 8.42 Å². The molecule has 34 heavy (non-hydrogen) atoms. The summed E-state index contributed by atoms with van der Waals surface area (Å²) < 4.78 is 36.6. The van der Waals surface area contributed by atoms with E-state index in [-0.39, 0.29) is 5.92 Å². The number of hydrogen-bond acceptors (Lipinski definition) is 8. The van der Waals surface area contributed by atoms with Gasteiger partial charge in [-0.1, -0.05) is 19.1 Å². The van der Waals surface area contributed by atoms with E-state index in [2.05, 4.69) is 13.8 Å². The van der Waals surface area contributed by atoms with Gasteiger partial charge < -0.3 is 9.47 Å². The number of sulfone groups is 1. The fourth-order valence-electron chi connectivity index (χ4n) is 6.22. The zero-order valence-electron chi connectivity index (χ0n) is 19.7. The lowest BCUT2D eigenvalue weighted by Crippen LogP contribution is -2.66. The Labute approximate surface area is 203 Å². The van der Waals surface area contributed by atoms with E-state index < -0.39 is 27.5 Å². The quantitative estimate of drug-likeness (QED) is 0.533. The molecular weight excluding hydrogens is 474 g/mol. The summed E-state index contributed by atoms with van der Waals surface area (Å²) in [7, 11) is -3.24. The van der Waals surface area contributed by atoms with Gasteiger partial charge >= 0.3 is 0 Å². The smallest absolute Gasteiger partial charge is 0.236 e. The van der Waals surface area contributed by atoms with Crippen molar-refractivity contribution in [2.75, 3.05) is 6.26 Å². The molecule has 4 aliphatic heterocycles. The summed E-state index contributed by atoms with van der Waals surface area (Å²) in [6.07, 6.45) is 4.54. The first-order chi connectivity index (χ1) is 16.1. The highest BCUT2D eigenvalue weighted by Crippen LogP contribution is 2.61. The van der Waals surface area contributed by atoms with Gasteiger partial charge in [0.2, 0.25) is 12.1 Å². The molecule has 2 bridgehead atoms. The maximum Gasteiger partial charge on any atom is 0.236 e. The lowest BCUT2D eigenvalue weighted by molar-refractivity contribution is -0.553. The molecule has 1 aromatic heterocycles. The summed E-state index contributed by atoms with van der Waals surface area (Å²) in [6.45, 7) is 6.34. The molecule has 1 saturated carbocycles. The van der Waals surface area contributed by atoms with Gasteiger partial charge in [0, 0.05) is 35.5 Å². The van der Waals surface area contributed by atoms with E-state index in [0.717, 1.165) is 53.3 Å². The molecule has 0 radical (unpaired) electrons. The van der Waals surface area contributed by atoms with Crippen molar-refractivity contribution in [3.05, 3.63) is 40.2 Å². The van der Waals surface area contributed by atoms with Crippen LogP contribution in [0.1, 0.15) is 51.5 Å². The molecule has 7 rings (SSSR count). The Bertz CT molecular complexity index is 1270. The van der Waals surface area contributed by atoms with Crippen LogP contribution in [0.2, 0.25) is 0 Å². The molecule has 2 unspecified atom stereocenters. The number of hydrogen-bond donors (Lipinski definition) is 0. The predicted molar refractivity (Wildman–Crippen MR) is 127 cm³/mol. The van der Waals surface area contributed by atoms with Crippen LogP contribution in [-0.2, 0) is 29.1 Å². The fourth-order valence-corrected chi connectivity index (χ4v) is 7.73. The van der Waals surface area contributed by atoms with Crippen LogP contribution in [0.3, 0.4) is 0 Å². The van der Waals surface area contributed by atoms with Crippen LogP contribution in [0, 0.1) is 17.8 Å². The van der Waals surface area contributed by atoms with Gasteiger partial charge in [-0.3, -0.25) is 0 Å². The lowest BCUT2D eigenvalue weighted by atomic mass is 9.59. The van der Waals surface area contributed by atoms with E-state index in [1.807, 2.05) is 12.3 Å². The number of rotatable bonds is 3. The van der Waals surface area contributed by atoms with Crippen molar-refractivity contribution in [2.45, 2.75) is 69.0 Å². The Morgan fingerprint density at radius 2 is 1.88 bits per heavy atom. The van der Waals surface area contributed by atoms with Gasteiger partial charge in [-0.25, -0.2) is 23.2 Å². The molecule has 0 N–H and O–H groups in total. The molecule has 4 fully saturated rings. The van der Waals surface area contributed by atoms with Gasteiger partial charge in [0.05, 0.1) is 10.6 Å². The monoisotopic (exact) mass is 503 g/mol. The molecule has 0 amide bonds. The summed E-state index contributed by atoms with van der Waals surface area (Å²) >= 11 is 1.52. The van der Waals surface area contributed by atoms with E-state index in [0.29, 0.717) is 16.7 Å². The van der Waals surface area contributed by atoms with Gasteiger partial charge in [-0.2, -0.15) is 0 Å². The molecule has 1 spiro atoms. The van der Waals surface area contributed by atoms with Crippen molar-refractivity contribution in [2.24, 2.45) is 17.8 Å². The summed E-state index contributed by atoms with van der Waals surface area (Å²) in [5.74, 6) is 0.885. The average Bonchev–Trinajstić information content (AvgIpc) is 3.17. The molecule has 3 saturated heterocycles. The van der Waals surface area contributed by atoms with Gasteiger partial charge in [0.1, 0.15) is 0 Å². The number of fused-ring (bicyclic) bond motifs is 2. The second-order valence-electron chi connectivity index (χ2n) is 10.3. The highest BCUT2D eigenvalue weighted by molar-refractivity contribution is 7.90. The minimum Gasteiger partial charge on any atom is -0.458 e. The van der Waals surface area contributed by atoms with E-state index in [1.165, 1.54) is 17.6 Å². The summed E-state index contributed by atoms with van der Waals surface area (Å²) in [5, 5.41) is 2.77. The maximum atomic E-state index is 11.8. The molecule has 182 valence electrons. The molecule has 7 nitrogen and oxygen atoms in total. The second-order valence-corrected chi connectivity index (χ2v) is 13.2. The zero-order chi connectivity index (χ0) is 23.9. The third-order valence-corrected chi connectivity index (χ3v) is 10.1. The maximum absolute atomic E-state index is 11.8. The van der Waals surface area contributed by atoms with Crippen molar-refractivity contribution in [1.29, 1.82) is 0 Å². The number of benzene rings is 1. The topological polar surface area (TPSA) is 84.0 Å². The first-order valence-corrected chi connectivity index (χ1v) is 14.6. The van der Waals surface area contributed by atoms with Gasteiger partial charge in [-0.15, -0.1) is 11.3 Å². The van der Waals surface area contributed by atoms with E-state index >= 15 is 0 Å². The van der Waals surface area contributed by atoms with Crippen molar-refractivity contribution in [3.63, 3.8) is 0 Å². The Kier molecular flexibility index (Phi) is 5.07. The van der Waals surface area contributed by atoms with Crippen LogP contribution in [0.25, 0.3) is 17.0 Å². The largest absolute Gasteiger partial charge is 0.458 e. The minimum atomic E-state index is -3.24. The van der Waals surface area contributed by atoms with Crippen LogP contribution in [0.4, 0.5) is 0 Å². The highest BCUT2D eigenvalue weighted by atomic mass is 32.2. The molecule has 2 aromatic rings. The summed E-state index contributed by atoms with van der Waals surface area (Å²) in [6, 6.07) is 6.82. The minimum absolute atomic E-state index is 0.131. The highest BCUT2D eigenvalue weighted by Gasteiger charge is 2.68. The van der Waals surface area contributed by atoms with Gasteiger partial charge in [0.25, 0.3) is 0 Å².